The first-order valence-electron chi connectivity index (χ1n) is 6.61. The predicted octanol–water partition coefficient (Wildman–Crippen LogP) is 1.41. The largest absolute Gasteiger partial charge is 0.336 e. The molecule has 5 heteroatoms. The van der Waals surface area contributed by atoms with Crippen LogP contribution in [0.25, 0.3) is 0 Å². The summed E-state index contributed by atoms with van der Waals surface area (Å²) in [6.07, 6.45) is 0. The number of likely N-dealkylation sites (tertiary alicyclic amines) is 1. The van der Waals surface area contributed by atoms with E-state index in [9.17, 15) is 9.59 Å². The van der Waals surface area contributed by atoms with Gasteiger partial charge >= 0.3 is 0 Å². The van der Waals surface area contributed by atoms with Crippen molar-refractivity contribution in [3.05, 3.63) is 0 Å². The van der Waals surface area contributed by atoms with Gasteiger partial charge in [0, 0.05) is 24.1 Å². The Balaban J connectivity index is 2.02. The van der Waals surface area contributed by atoms with Crippen LogP contribution >= 0.6 is 11.8 Å². The summed E-state index contributed by atoms with van der Waals surface area (Å²) in [4.78, 5) is 27.8. The van der Waals surface area contributed by atoms with Crippen molar-refractivity contribution in [1.82, 2.24) is 9.80 Å². The number of nitrogens with zero attached hydrogens (tertiary/aromatic N) is 2. The zero-order chi connectivity index (χ0) is 13.5. The second-order valence-electron chi connectivity index (χ2n) is 5.79. The van der Waals surface area contributed by atoms with Crippen molar-refractivity contribution in [2.75, 3.05) is 25.4 Å². The summed E-state index contributed by atoms with van der Waals surface area (Å²) in [6.45, 7) is 9.95. The lowest BCUT2D eigenvalue weighted by Crippen LogP contribution is -2.69. The van der Waals surface area contributed by atoms with Crippen LogP contribution in [0.1, 0.15) is 27.7 Å². The van der Waals surface area contributed by atoms with Gasteiger partial charge in [-0.1, -0.05) is 27.7 Å². The van der Waals surface area contributed by atoms with Gasteiger partial charge in [-0.05, 0) is 0 Å². The highest BCUT2D eigenvalue weighted by molar-refractivity contribution is 8.01. The number of carbonyl (C=O) groups is 2. The third-order valence-corrected chi connectivity index (χ3v) is 5.02. The van der Waals surface area contributed by atoms with Crippen LogP contribution in [0.2, 0.25) is 0 Å². The van der Waals surface area contributed by atoms with Crippen molar-refractivity contribution >= 4 is 23.6 Å². The van der Waals surface area contributed by atoms with E-state index in [1.165, 1.54) is 0 Å². The maximum atomic E-state index is 12.2. The highest BCUT2D eigenvalue weighted by atomic mass is 32.2. The van der Waals surface area contributed by atoms with E-state index in [1.807, 2.05) is 49.3 Å². The Morgan fingerprint density at radius 3 is 2.11 bits per heavy atom. The number of rotatable bonds is 2. The smallest absolute Gasteiger partial charge is 0.226 e. The van der Waals surface area contributed by atoms with Crippen LogP contribution in [-0.2, 0) is 9.59 Å². The topological polar surface area (TPSA) is 40.6 Å². The molecule has 0 bridgehead atoms. The third-order valence-electron chi connectivity index (χ3n) is 3.62. The molecule has 0 N–H and O–H groups in total. The molecule has 4 nitrogen and oxygen atoms in total. The van der Waals surface area contributed by atoms with Crippen LogP contribution in [0.5, 0.6) is 0 Å². The Bertz CT molecular complexity index is 362. The van der Waals surface area contributed by atoms with Crippen LogP contribution in [0.4, 0.5) is 0 Å². The number of thioether (sulfide) groups is 1. The van der Waals surface area contributed by atoms with Crippen molar-refractivity contribution in [3.8, 4) is 0 Å². The van der Waals surface area contributed by atoms with E-state index in [4.69, 9.17) is 0 Å². The predicted molar refractivity (Wildman–Crippen MR) is 73.2 cm³/mol. The first-order valence-corrected chi connectivity index (χ1v) is 7.60. The second-order valence-corrected chi connectivity index (χ2v) is 7.25. The van der Waals surface area contributed by atoms with Gasteiger partial charge in [0.1, 0.15) is 4.87 Å². The van der Waals surface area contributed by atoms with Gasteiger partial charge in [-0.25, -0.2) is 0 Å². The molecular formula is C13H22N2O2S. The third kappa shape index (κ3) is 2.13. The van der Waals surface area contributed by atoms with Crippen LogP contribution in [0.3, 0.4) is 0 Å². The molecule has 0 aromatic rings. The summed E-state index contributed by atoms with van der Waals surface area (Å²) < 4.78 is 0. The van der Waals surface area contributed by atoms with E-state index < -0.39 is 0 Å². The normalized spacial score (nSPS) is 21.9. The standard InChI is InChI=1S/C13H22N2O2S/c1-9(2)11(16)14-7-13(8-14)15(5-6-18-13)12(17)10(3)4/h9-10H,5-8H2,1-4H3. The molecule has 2 fully saturated rings. The van der Waals surface area contributed by atoms with Crippen molar-refractivity contribution < 1.29 is 9.59 Å². The van der Waals surface area contributed by atoms with E-state index >= 15 is 0 Å². The molecule has 2 aliphatic rings. The summed E-state index contributed by atoms with van der Waals surface area (Å²) in [5.41, 5.74) is 0. The van der Waals surface area contributed by atoms with Gasteiger partial charge in [0.05, 0.1) is 13.1 Å². The summed E-state index contributed by atoms with van der Waals surface area (Å²) in [7, 11) is 0. The molecule has 2 amide bonds. The van der Waals surface area contributed by atoms with Gasteiger partial charge in [0.25, 0.3) is 0 Å². The minimum absolute atomic E-state index is 0.0374. The van der Waals surface area contributed by atoms with E-state index in [2.05, 4.69) is 0 Å². The van der Waals surface area contributed by atoms with Crippen molar-refractivity contribution in [1.29, 1.82) is 0 Å². The fourth-order valence-electron chi connectivity index (χ4n) is 2.56. The monoisotopic (exact) mass is 270 g/mol. The summed E-state index contributed by atoms with van der Waals surface area (Å²) in [5.74, 6) is 1.49. The quantitative estimate of drug-likeness (QED) is 0.762. The Morgan fingerprint density at radius 1 is 1.06 bits per heavy atom. The average molecular weight is 270 g/mol. The van der Waals surface area contributed by atoms with Crippen molar-refractivity contribution in [2.24, 2.45) is 11.8 Å². The molecule has 0 atom stereocenters. The lowest BCUT2D eigenvalue weighted by molar-refractivity contribution is -0.151. The molecule has 2 aliphatic heterocycles. The van der Waals surface area contributed by atoms with Crippen LogP contribution in [0.15, 0.2) is 0 Å². The minimum Gasteiger partial charge on any atom is -0.336 e. The minimum atomic E-state index is -0.119. The first kappa shape index (κ1) is 13.7. The number of hydrogen-bond donors (Lipinski definition) is 0. The summed E-state index contributed by atoms with van der Waals surface area (Å²) in [5, 5.41) is 0. The van der Waals surface area contributed by atoms with Gasteiger partial charge in [0.2, 0.25) is 11.8 Å². The molecule has 18 heavy (non-hydrogen) atoms. The molecule has 0 saturated carbocycles. The molecule has 0 unspecified atom stereocenters. The molecular weight excluding hydrogens is 248 g/mol. The van der Waals surface area contributed by atoms with Crippen LogP contribution in [-0.4, -0.2) is 51.9 Å². The molecule has 0 aromatic heterocycles. The zero-order valence-electron chi connectivity index (χ0n) is 11.6. The van der Waals surface area contributed by atoms with E-state index in [0.717, 1.165) is 12.3 Å². The number of amides is 2. The van der Waals surface area contributed by atoms with Crippen molar-refractivity contribution in [3.63, 3.8) is 0 Å². The molecule has 0 radical (unpaired) electrons. The fourth-order valence-corrected chi connectivity index (χ4v) is 4.05. The summed E-state index contributed by atoms with van der Waals surface area (Å²) in [6, 6.07) is 0. The fraction of sp³-hybridized carbons (Fsp3) is 0.846. The molecule has 2 rings (SSSR count). The Hall–Kier alpha value is -0.710. The van der Waals surface area contributed by atoms with Gasteiger partial charge in [-0.3, -0.25) is 9.59 Å². The SMILES string of the molecule is CC(C)C(=O)N1CC2(C1)SCCN2C(=O)C(C)C. The number of carbonyl (C=O) groups excluding carboxylic acids is 2. The lowest BCUT2D eigenvalue weighted by Gasteiger charge is -2.52. The maximum Gasteiger partial charge on any atom is 0.226 e. The molecule has 0 aromatic carbocycles. The average Bonchev–Trinajstić information content (AvgIpc) is 2.68. The van der Waals surface area contributed by atoms with Gasteiger partial charge in [0.15, 0.2) is 0 Å². The Labute approximate surface area is 113 Å². The van der Waals surface area contributed by atoms with Crippen molar-refractivity contribution in [2.45, 2.75) is 32.6 Å². The van der Waals surface area contributed by atoms with Crippen LogP contribution < -0.4 is 0 Å². The highest BCUT2D eigenvalue weighted by Crippen LogP contribution is 2.44. The van der Waals surface area contributed by atoms with E-state index in [1.54, 1.807) is 0 Å². The van der Waals surface area contributed by atoms with E-state index in [0.29, 0.717) is 13.1 Å². The van der Waals surface area contributed by atoms with Gasteiger partial charge < -0.3 is 9.80 Å². The molecule has 2 heterocycles. The van der Waals surface area contributed by atoms with Gasteiger partial charge in [-0.2, -0.15) is 0 Å². The lowest BCUT2D eigenvalue weighted by atomic mass is 10.0. The Kier molecular flexibility index (Phi) is 3.63. The number of hydrogen-bond acceptors (Lipinski definition) is 3. The molecule has 2 saturated heterocycles. The van der Waals surface area contributed by atoms with Gasteiger partial charge in [-0.15, -0.1) is 11.8 Å². The first-order chi connectivity index (χ1) is 8.37. The second kappa shape index (κ2) is 4.76. The van der Waals surface area contributed by atoms with E-state index in [-0.39, 0.29) is 28.5 Å². The maximum absolute atomic E-state index is 12.2. The highest BCUT2D eigenvalue weighted by Gasteiger charge is 2.54. The molecule has 1 spiro atoms. The molecule has 102 valence electrons. The Morgan fingerprint density at radius 2 is 1.61 bits per heavy atom. The molecule has 0 aliphatic carbocycles. The zero-order valence-corrected chi connectivity index (χ0v) is 12.4. The van der Waals surface area contributed by atoms with Crippen LogP contribution in [0, 0.1) is 11.8 Å². The summed E-state index contributed by atoms with van der Waals surface area (Å²) >= 11 is 1.83.